The molecule has 0 N–H and O–H groups in total. The van der Waals surface area contributed by atoms with Gasteiger partial charge in [-0.3, -0.25) is 4.79 Å². The number of hydrogen-bond donors (Lipinski definition) is 0. The van der Waals surface area contributed by atoms with E-state index in [0.717, 1.165) is 35.8 Å². The fourth-order valence-corrected chi connectivity index (χ4v) is 5.86. The monoisotopic (exact) mass is 414 g/mol. The maximum absolute atomic E-state index is 13.9. The van der Waals surface area contributed by atoms with Crippen molar-refractivity contribution >= 4 is 15.9 Å². The summed E-state index contributed by atoms with van der Waals surface area (Å²) < 4.78 is 53.8. The second kappa shape index (κ2) is 8.86. The third-order valence-electron chi connectivity index (χ3n) is 5.95. The molecule has 0 aromatic heterocycles. The van der Waals surface area contributed by atoms with Crippen LogP contribution >= 0.6 is 0 Å². The van der Waals surface area contributed by atoms with Crippen LogP contribution in [0, 0.1) is 23.5 Å². The van der Waals surface area contributed by atoms with Crippen molar-refractivity contribution in [1.82, 2.24) is 9.21 Å². The van der Waals surface area contributed by atoms with Crippen LogP contribution in [0.2, 0.25) is 0 Å². The van der Waals surface area contributed by atoms with E-state index in [4.69, 9.17) is 0 Å². The smallest absolute Gasteiger partial charge is 0.246 e. The van der Waals surface area contributed by atoms with Gasteiger partial charge in [-0.25, -0.2) is 17.2 Å². The first kappa shape index (κ1) is 21.2. The molecule has 1 saturated carbocycles. The molecule has 5 nitrogen and oxygen atoms in total. The van der Waals surface area contributed by atoms with Gasteiger partial charge in [-0.05, 0) is 49.8 Å². The molecule has 1 aliphatic heterocycles. The predicted molar refractivity (Wildman–Crippen MR) is 102 cm³/mol. The molecule has 8 heteroatoms. The predicted octanol–water partition coefficient (Wildman–Crippen LogP) is 3.40. The fourth-order valence-electron chi connectivity index (χ4n) is 4.32. The van der Waals surface area contributed by atoms with Crippen molar-refractivity contribution in [1.29, 1.82) is 0 Å². The first-order valence-electron chi connectivity index (χ1n) is 9.99. The highest BCUT2D eigenvalue weighted by molar-refractivity contribution is 7.89. The van der Waals surface area contributed by atoms with Gasteiger partial charge in [0.05, 0.1) is 0 Å². The van der Waals surface area contributed by atoms with Gasteiger partial charge in [-0.2, -0.15) is 4.31 Å². The molecule has 156 valence electrons. The summed E-state index contributed by atoms with van der Waals surface area (Å²) >= 11 is 0. The topological polar surface area (TPSA) is 57.7 Å². The number of halogens is 2. The Morgan fingerprint density at radius 1 is 1.11 bits per heavy atom. The quantitative estimate of drug-likeness (QED) is 0.742. The number of nitrogens with zero attached hydrogens (tertiary/aromatic N) is 2. The highest BCUT2D eigenvalue weighted by Gasteiger charge is 2.35. The normalized spacial score (nSPS) is 20.2. The minimum Gasteiger partial charge on any atom is -0.345 e. The molecule has 1 aromatic rings. The van der Waals surface area contributed by atoms with Crippen LogP contribution in [0.5, 0.6) is 0 Å². The minimum absolute atomic E-state index is 0.0551. The summed E-state index contributed by atoms with van der Waals surface area (Å²) in [6, 6.07) is 2.42. The van der Waals surface area contributed by atoms with Gasteiger partial charge < -0.3 is 4.90 Å². The van der Waals surface area contributed by atoms with Crippen LogP contribution in [0.1, 0.15) is 44.9 Å². The summed E-state index contributed by atoms with van der Waals surface area (Å²) in [7, 11) is -2.29. The number of piperidine rings is 1. The molecule has 1 aromatic carbocycles. The van der Waals surface area contributed by atoms with E-state index in [-0.39, 0.29) is 24.9 Å². The first-order chi connectivity index (χ1) is 13.3. The number of rotatable bonds is 5. The summed E-state index contributed by atoms with van der Waals surface area (Å²) in [5.41, 5.74) is 0. The van der Waals surface area contributed by atoms with Gasteiger partial charge in [0.15, 0.2) is 0 Å². The van der Waals surface area contributed by atoms with Gasteiger partial charge >= 0.3 is 0 Å². The lowest BCUT2D eigenvalue weighted by Gasteiger charge is -2.34. The number of hydrogen-bond acceptors (Lipinski definition) is 3. The van der Waals surface area contributed by atoms with Crippen LogP contribution in [-0.2, 0) is 14.8 Å². The third kappa shape index (κ3) is 4.71. The number of sulfonamides is 1. The molecule has 0 atom stereocenters. The van der Waals surface area contributed by atoms with Crippen molar-refractivity contribution in [3.05, 3.63) is 29.8 Å². The Labute approximate surface area is 165 Å². The van der Waals surface area contributed by atoms with Crippen molar-refractivity contribution in [2.45, 2.75) is 49.8 Å². The molecule has 2 fully saturated rings. The molecule has 1 heterocycles. The molecule has 2 aliphatic rings. The van der Waals surface area contributed by atoms with Crippen LogP contribution in [0.3, 0.4) is 0 Å². The van der Waals surface area contributed by atoms with Crippen LogP contribution in [0.25, 0.3) is 0 Å². The van der Waals surface area contributed by atoms with E-state index in [1.54, 1.807) is 4.90 Å². The third-order valence-corrected chi connectivity index (χ3v) is 7.86. The van der Waals surface area contributed by atoms with Crippen molar-refractivity contribution in [3.63, 3.8) is 0 Å². The van der Waals surface area contributed by atoms with Gasteiger partial charge in [0.1, 0.15) is 16.5 Å². The molecule has 1 amide bonds. The number of amides is 1. The molecule has 1 aliphatic carbocycles. The molecular weight excluding hydrogens is 386 g/mol. The minimum atomic E-state index is -4.11. The largest absolute Gasteiger partial charge is 0.345 e. The van der Waals surface area contributed by atoms with Crippen molar-refractivity contribution in [2.75, 3.05) is 26.7 Å². The van der Waals surface area contributed by atoms with Crippen LogP contribution in [-0.4, -0.2) is 50.2 Å². The SMILES string of the molecule is CN(CC1CCCCC1)C(=O)C1CCN(S(=O)(=O)c2cc(F)ccc2F)CC1. The van der Waals surface area contributed by atoms with Gasteiger partial charge in [-0.15, -0.1) is 0 Å². The van der Waals surface area contributed by atoms with E-state index < -0.39 is 26.6 Å². The summed E-state index contributed by atoms with van der Waals surface area (Å²) in [5.74, 6) is -1.38. The Morgan fingerprint density at radius 3 is 2.39 bits per heavy atom. The molecule has 0 spiro atoms. The summed E-state index contributed by atoms with van der Waals surface area (Å²) in [4.78, 5) is 13.9. The highest BCUT2D eigenvalue weighted by atomic mass is 32.2. The molecule has 1 saturated heterocycles. The maximum Gasteiger partial charge on any atom is 0.246 e. The summed E-state index contributed by atoms with van der Waals surface area (Å²) in [6.07, 6.45) is 6.82. The standard InChI is InChI=1S/C20H28F2N2O3S/c1-23(14-15-5-3-2-4-6-15)20(25)16-9-11-24(12-10-16)28(26,27)19-13-17(21)7-8-18(19)22/h7-8,13,15-16H,2-6,9-12,14H2,1H3. The van der Waals surface area contributed by atoms with Gasteiger partial charge in [0.25, 0.3) is 0 Å². The van der Waals surface area contributed by atoms with E-state index >= 15 is 0 Å². The fraction of sp³-hybridized carbons (Fsp3) is 0.650. The lowest BCUT2D eigenvalue weighted by atomic mass is 9.88. The van der Waals surface area contributed by atoms with Crippen molar-refractivity contribution in [2.24, 2.45) is 11.8 Å². The van der Waals surface area contributed by atoms with E-state index in [1.807, 2.05) is 7.05 Å². The van der Waals surface area contributed by atoms with E-state index in [1.165, 1.54) is 19.3 Å². The van der Waals surface area contributed by atoms with Gasteiger partial charge in [0, 0.05) is 32.6 Å². The molecule has 3 rings (SSSR count). The van der Waals surface area contributed by atoms with Gasteiger partial charge in [-0.1, -0.05) is 19.3 Å². The lowest BCUT2D eigenvalue weighted by Crippen LogP contribution is -2.44. The highest BCUT2D eigenvalue weighted by Crippen LogP contribution is 2.28. The number of benzene rings is 1. The molecule has 28 heavy (non-hydrogen) atoms. The molecule has 0 unspecified atom stereocenters. The maximum atomic E-state index is 13.9. The summed E-state index contributed by atoms with van der Waals surface area (Å²) in [5, 5.41) is 0. The van der Waals surface area contributed by atoms with E-state index in [2.05, 4.69) is 0 Å². The first-order valence-corrected chi connectivity index (χ1v) is 11.4. The van der Waals surface area contributed by atoms with Crippen LogP contribution in [0.4, 0.5) is 8.78 Å². The zero-order chi connectivity index (χ0) is 20.3. The Hall–Kier alpha value is -1.54. The lowest BCUT2D eigenvalue weighted by molar-refractivity contribution is -0.136. The van der Waals surface area contributed by atoms with E-state index in [9.17, 15) is 22.0 Å². The average molecular weight is 415 g/mol. The Morgan fingerprint density at radius 2 is 1.75 bits per heavy atom. The summed E-state index contributed by atoms with van der Waals surface area (Å²) in [6.45, 7) is 1.02. The average Bonchev–Trinajstić information content (AvgIpc) is 2.70. The molecule has 0 radical (unpaired) electrons. The van der Waals surface area contributed by atoms with Gasteiger partial charge in [0.2, 0.25) is 15.9 Å². The second-order valence-corrected chi connectivity index (χ2v) is 9.88. The Balaban J connectivity index is 1.58. The van der Waals surface area contributed by atoms with Crippen LogP contribution in [0.15, 0.2) is 23.1 Å². The van der Waals surface area contributed by atoms with Crippen molar-refractivity contribution < 1.29 is 22.0 Å². The zero-order valence-electron chi connectivity index (χ0n) is 16.2. The molecule has 0 bridgehead atoms. The second-order valence-electron chi connectivity index (χ2n) is 7.98. The Kier molecular flexibility index (Phi) is 6.70. The molecular formula is C20H28F2N2O3S. The van der Waals surface area contributed by atoms with E-state index in [0.29, 0.717) is 24.8 Å². The van der Waals surface area contributed by atoms with Crippen LogP contribution < -0.4 is 0 Å². The number of carbonyl (C=O) groups excluding carboxylic acids is 1. The zero-order valence-corrected chi connectivity index (χ0v) is 17.1. The number of carbonyl (C=O) groups is 1. The van der Waals surface area contributed by atoms with Crippen molar-refractivity contribution in [3.8, 4) is 0 Å². The Bertz CT molecular complexity index is 802.